The Kier molecular flexibility index (Phi) is 7.20. The molecule has 1 heterocycles. The first-order chi connectivity index (χ1) is 20.9. The van der Waals surface area contributed by atoms with Gasteiger partial charge in [-0.3, -0.25) is 4.79 Å². The molecular weight excluding hydrogens is 570 g/mol. The molecule has 8 nitrogen and oxygen atoms in total. The molecule has 1 amide bonds. The summed E-state index contributed by atoms with van der Waals surface area (Å²) in [5.41, 5.74) is -1.27. The first-order valence-corrected chi connectivity index (χ1v) is 18.1. The van der Waals surface area contributed by atoms with Gasteiger partial charge in [-0.15, -0.1) is 0 Å². The molecule has 254 valence electrons. The summed E-state index contributed by atoms with van der Waals surface area (Å²) in [5, 5.41) is 26.6. The molecule has 7 aliphatic rings. The molecule has 0 radical (unpaired) electrons. The van der Waals surface area contributed by atoms with E-state index in [1.807, 2.05) is 0 Å². The SMILES string of the molecule is CC(=O)OC(C1C[C@@H](C)[C@H]2C(O1)[C@H](O)[C@@]1(C)C3CC[C@H]4C(C)(C)C(OC(=O)NC5CCC5)CCC45CC35CCC21C)C(C)(C)O. The van der Waals surface area contributed by atoms with Crippen LogP contribution in [0.2, 0.25) is 0 Å². The number of rotatable bonds is 5. The van der Waals surface area contributed by atoms with E-state index in [9.17, 15) is 19.8 Å². The van der Waals surface area contributed by atoms with Crippen LogP contribution in [-0.2, 0) is 19.0 Å². The quantitative estimate of drug-likeness (QED) is 0.313. The number of aliphatic hydroxyl groups is 2. The van der Waals surface area contributed by atoms with Crippen LogP contribution < -0.4 is 5.32 Å². The average molecular weight is 630 g/mol. The molecular formula is C37H59NO7. The van der Waals surface area contributed by atoms with E-state index in [0.29, 0.717) is 18.3 Å². The molecule has 0 aromatic carbocycles. The Bertz CT molecular complexity index is 1230. The fourth-order valence-electron chi connectivity index (χ4n) is 13.5. The standard InChI is InChI=1S/C37H59NO7/c1-20-18-23(30(33(5,6)42)43-21(2)39)44-28-27(20)34(7)16-17-37-19-36(37)15-14-26(45-31(41)38-22-10-9-11-22)32(3,4)24(36)12-13-25(37)35(34,8)29(28)40/h20,22-30,40,42H,9-19H2,1-8H3,(H,38,41)/t20-,23?,24+,25?,26?,27+,28?,29+,30?,34?,35-,36?,37?/m1/s1. The molecule has 7 rings (SSSR count). The minimum Gasteiger partial charge on any atom is -0.457 e. The molecule has 1 saturated heterocycles. The van der Waals surface area contributed by atoms with Crippen LogP contribution in [0.5, 0.6) is 0 Å². The van der Waals surface area contributed by atoms with E-state index in [-0.39, 0.29) is 63.3 Å². The third-order valence-corrected chi connectivity index (χ3v) is 15.8. The maximum atomic E-state index is 12.8. The second-order valence-corrected chi connectivity index (χ2v) is 18.4. The van der Waals surface area contributed by atoms with Gasteiger partial charge in [-0.25, -0.2) is 4.79 Å². The van der Waals surface area contributed by atoms with Gasteiger partial charge in [-0.1, -0.05) is 34.6 Å². The molecule has 2 spiro atoms. The Labute approximate surface area is 270 Å². The van der Waals surface area contributed by atoms with E-state index in [1.54, 1.807) is 13.8 Å². The fraction of sp³-hybridized carbons (Fsp3) is 0.946. The van der Waals surface area contributed by atoms with Crippen molar-refractivity contribution in [3.63, 3.8) is 0 Å². The van der Waals surface area contributed by atoms with Crippen LogP contribution in [0.4, 0.5) is 4.79 Å². The van der Waals surface area contributed by atoms with Gasteiger partial charge >= 0.3 is 12.1 Å². The van der Waals surface area contributed by atoms with Crippen molar-refractivity contribution < 1.29 is 34.0 Å². The Morgan fingerprint density at radius 2 is 1.64 bits per heavy atom. The molecule has 6 saturated carbocycles. The van der Waals surface area contributed by atoms with Crippen LogP contribution in [0.1, 0.15) is 126 Å². The highest BCUT2D eigenvalue weighted by Gasteiger charge is 2.84. The van der Waals surface area contributed by atoms with E-state index in [4.69, 9.17) is 14.2 Å². The van der Waals surface area contributed by atoms with Gasteiger partial charge in [0.1, 0.15) is 6.10 Å². The Morgan fingerprint density at radius 1 is 0.978 bits per heavy atom. The molecule has 1 aliphatic heterocycles. The van der Waals surface area contributed by atoms with Crippen molar-refractivity contribution in [3.8, 4) is 0 Å². The highest BCUT2D eigenvalue weighted by Crippen LogP contribution is 2.89. The molecule has 0 aromatic rings. The Hall–Kier alpha value is -1.38. The highest BCUT2D eigenvalue weighted by molar-refractivity contribution is 5.68. The van der Waals surface area contributed by atoms with Gasteiger partial charge in [-0.05, 0) is 124 Å². The number of hydrogen-bond acceptors (Lipinski definition) is 7. The fourth-order valence-corrected chi connectivity index (χ4v) is 13.5. The van der Waals surface area contributed by atoms with E-state index < -0.39 is 29.9 Å². The lowest BCUT2D eigenvalue weighted by Crippen LogP contribution is -2.60. The minimum atomic E-state index is -1.26. The van der Waals surface area contributed by atoms with E-state index in [0.717, 1.165) is 44.9 Å². The van der Waals surface area contributed by atoms with E-state index in [2.05, 4.69) is 39.9 Å². The summed E-state index contributed by atoms with van der Waals surface area (Å²) in [6.45, 7) is 16.5. The van der Waals surface area contributed by atoms with Gasteiger partial charge in [0.25, 0.3) is 0 Å². The van der Waals surface area contributed by atoms with Crippen LogP contribution >= 0.6 is 0 Å². The monoisotopic (exact) mass is 629 g/mol. The van der Waals surface area contributed by atoms with E-state index in [1.165, 1.54) is 26.2 Å². The molecule has 8 heteroatoms. The van der Waals surface area contributed by atoms with Gasteiger partial charge in [0, 0.05) is 23.8 Å². The zero-order chi connectivity index (χ0) is 32.5. The number of carbonyl (C=O) groups excluding carboxylic acids is 2. The summed E-state index contributed by atoms with van der Waals surface area (Å²) in [6.07, 6.45) is 9.11. The smallest absolute Gasteiger partial charge is 0.407 e. The number of alkyl carbamates (subject to hydrolysis) is 1. The van der Waals surface area contributed by atoms with Gasteiger partial charge in [0.2, 0.25) is 0 Å². The third-order valence-electron chi connectivity index (χ3n) is 15.8. The number of nitrogens with one attached hydrogen (secondary N) is 1. The molecule has 7 fully saturated rings. The predicted molar refractivity (Wildman–Crippen MR) is 169 cm³/mol. The van der Waals surface area contributed by atoms with Crippen molar-refractivity contribution in [3.05, 3.63) is 0 Å². The van der Waals surface area contributed by atoms with Gasteiger partial charge in [0.15, 0.2) is 6.10 Å². The second-order valence-electron chi connectivity index (χ2n) is 18.4. The molecule has 13 atom stereocenters. The first kappa shape index (κ1) is 32.2. The maximum absolute atomic E-state index is 12.8. The Balaban J connectivity index is 1.14. The normalized spacial score (nSPS) is 50.4. The molecule has 45 heavy (non-hydrogen) atoms. The first-order valence-electron chi connectivity index (χ1n) is 18.1. The zero-order valence-corrected chi connectivity index (χ0v) is 29.0. The van der Waals surface area contributed by atoms with Crippen LogP contribution in [0.15, 0.2) is 0 Å². The summed E-state index contributed by atoms with van der Waals surface area (Å²) >= 11 is 0. The summed E-state index contributed by atoms with van der Waals surface area (Å²) in [7, 11) is 0. The van der Waals surface area contributed by atoms with Crippen molar-refractivity contribution in [1.82, 2.24) is 5.32 Å². The van der Waals surface area contributed by atoms with Crippen molar-refractivity contribution in [2.24, 2.45) is 50.7 Å². The summed E-state index contributed by atoms with van der Waals surface area (Å²) in [5.74, 6) is 0.935. The van der Waals surface area contributed by atoms with Gasteiger partial charge in [-0.2, -0.15) is 0 Å². The van der Waals surface area contributed by atoms with E-state index >= 15 is 0 Å². The van der Waals surface area contributed by atoms with Crippen LogP contribution in [0, 0.1) is 50.7 Å². The number of ether oxygens (including phenoxy) is 3. The van der Waals surface area contributed by atoms with Gasteiger partial charge < -0.3 is 29.7 Å². The van der Waals surface area contributed by atoms with Crippen LogP contribution in [-0.4, -0.2) is 64.4 Å². The lowest BCUT2D eigenvalue weighted by Gasteiger charge is -2.63. The topological polar surface area (TPSA) is 114 Å². The molecule has 6 aliphatic carbocycles. The van der Waals surface area contributed by atoms with Gasteiger partial charge in [0.05, 0.1) is 23.9 Å². The Morgan fingerprint density at radius 3 is 2.27 bits per heavy atom. The van der Waals surface area contributed by atoms with Crippen molar-refractivity contribution in [1.29, 1.82) is 0 Å². The van der Waals surface area contributed by atoms with Crippen molar-refractivity contribution in [2.45, 2.75) is 168 Å². The zero-order valence-electron chi connectivity index (χ0n) is 29.0. The number of fused-ring (bicyclic) bond motifs is 4. The predicted octanol–water partition coefficient (Wildman–Crippen LogP) is 6.15. The summed E-state index contributed by atoms with van der Waals surface area (Å²) < 4.78 is 18.7. The van der Waals surface area contributed by atoms with Crippen LogP contribution in [0.3, 0.4) is 0 Å². The average Bonchev–Trinajstić information content (AvgIpc) is 3.55. The second kappa shape index (κ2) is 10.1. The largest absolute Gasteiger partial charge is 0.457 e. The molecule has 8 unspecified atom stereocenters. The number of esters is 1. The number of hydrogen-bond donors (Lipinski definition) is 3. The maximum Gasteiger partial charge on any atom is 0.407 e. The van der Waals surface area contributed by atoms with Crippen LogP contribution in [0.25, 0.3) is 0 Å². The lowest BCUT2D eigenvalue weighted by atomic mass is 9.41. The number of aliphatic hydroxyl groups excluding tert-OH is 1. The summed E-state index contributed by atoms with van der Waals surface area (Å²) in [4.78, 5) is 24.9. The third kappa shape index (κ3) is 4.25. The number of amides is 1. The molecule has 3 N–H and O–H groups in total. The minimum absolute atomic E-state index is 0.0705. The van der Waals surface area contributed by atoms with Crippen molar-refractivity contribution in [2.75, 3.05) is 0 Å². The van der Waals surface area contributed by atoms with Crippen molar-refractivity contribution >= 4 is 12.1 Å². The lowest BCUT2D eigenvalue weighted by molar-refractivity contribution is -0.216. The molecule has 0 aromatic heterocycles. The molecule has 0 bridgehead atoms. The highest BCUT2D eigenvalue weighted by atomic mass is 16.6. The number of carbonyl (C=O) groups is 2. The summed E-state index contributed by atoms with van der Waals surface area (Å²) in [6, 6.07) is 0.279.